The predicted molar refractivity (Wildman–Crippen MR) is 45.7 cm³/mol. The van der Waals surface area contributed by atoms with Crippen LogP contribution >= 0.6 is 0 Å². The number of benzene rings is 1. The highest BCUT2D eigenvalue weighted by Crippen LogP contribution is 1.93. The lowest BCUT2D eigenvalue weighted by Gasteiger charge is -1.83. The van der Waals surface area contributed by atoms with Gasteiger partial charge in [0.25, 0.3) is 0 Å². The molecule has 0 fully saturated rings. The van der Waals surface area contributed by atoms with Gasteiger partial charge in [0.15, 0.2) is 0 Å². The van der Waals surface area contributed by atoms with Crippen LogP contribution < -0.4 is 0 Å². The van der Waals surface area contributed by atoms with E-state index in [0.29, 0.717) is 0 Å². The molecule has 0 heterocycles. The van der Waals surface area contributed by atoms with Crippen LogP contribution in [0.3, 0.4) is 0 Å². The van der Waals surface area contributed by atoms with Gasteiger partial charge in [-0.05, 0) is 19.1 Å². The van der Waals surface area contributed by atoms with Crippen LogP contribution in [0.4, 0.5) is 0 Å². The van der Waals surface area contributed by atoms with Crippen LogP contribution in [0.2, 0.25) is 0 Å². The quantitative estimate of drug-likeness (QED) is 0.476. The highest BCUT2D eigenvalue weighted by molar-refractivity contribution is 5.32. The fourth-order valence-electron chi connectivity index (χ4n) is 0.666. The van der Waals surface area contributed by atoms with Crippen LogP contribution in [0.5, 0.6) is 0 Å². The third-order valence-corrected chi connectivity index (χ3v) is 1.04. The maximum absolute atomic E-state index is 2.96. The third-order valence-electron chi connectivity index (χ3n) is 1.04. The molecule has 0 nitrogen and oxygen atoms in total. The molecule has 1 aromatic carbocycles. The summed E-state index contributed by atoms with van der Waals surface area (Å²) in [6.07, 6.45) is 0. The van der Waals surface area contributed by atoms with Gasteiger partial charge in [-0.2, -0.15) is 0 Å². The Morgan fingerprint density at radius 3 is 2.20 bits per heavy atom. The van der Waals surface area contributed by atoms with Crippen LogP contribution in [-0.4, -0.2) is 0 Å². The first-order valence-electron chi connectivity index (χ1n) is 2.91. The Hall–Kier alpha value is -1.22. The second-order valence-electron chi connectivity index (χ2n) is 1.74. The Morgan fingerprint density at radius 1 is 1.10 bits per heavy atom. The SMILES string of the molecule is C.CC#Cc1ccccc1. The van der Waals surface area contributed by atoms with Crippen LogP contribution in [0.15, 0.2) is 30.3 Å². The molecule has 0 radical (unpaired) electrons. The molecule has 0 aliphatic rings. The van der Waals surface area contributed by atoms with Crippen LogP contribution in [-0.2, 0) is 0 Å². The van der Waals surface area contributed by atoms with Gasteiger partial charge in [-0.25, -0.2) is 0 Å². The molecule has 10 heavy (non-hydrogen) atoms. The summed E-state index contributed by atoms with van der Waals surface area (Å²) in [5, 5.41) is 0. The van der Waals surface area contributed by atoms with Crippen molar-refractivity contribution in [1.82, 2.24) is 0 Å². The van der Waals surface area contributed by atoms with Crippen molar-refractivity contribution in [2.24, 2.45) is 0 Å². The lowest BCUT2D eigenvalue weighted by atomic mass is 10.2. The summed E-state index contributed by atoms with van der Waals surface area (Å²) in [7, 11) is 0. The zero-order valence-corrected chi connectivity index (χ0v) is 5.39. The van der Waals surface area contributed by atoms with E-state index >= 15 is 0 Å². The second-order valence-corrected chi connectivity index (χ2v) is 1.74. The summed E-state index contributed by atoms with van der Waals surface area (Å²) in [6.45, 7) is 1.84. The van der Waals surface area contributed by atoms with E-state index in [1.807, 2.05) is 37.3 Å². The summed E-state index contributed by atoms with van der Waals surface area (Å²) >= 11 is 0. The molecular weight excluding hydrogens is 120 g/mol. The molecule has 0 N–H and O–H groups in total. The van der Waals surface area contributed by atoms with Crippen molar-refractivity contribution in [2.45, 2.75) is 14.4 Å². The van der Waals surface area contributed by atoms with E-state index in [1.165, 1.54) is 0 Å². The highest BCUT2D eigenvalue weighted by atomic mass is 13.8. The van der Waals surface area contributed by atoms with Gasteiger partial charge in [-0.3, -0.25) is 0 Å². The van der Waals surface area contributed by atoms with E-state index in [9.17, 15) is 0 Å². The van der Waals surface area contributed by atoms with Gasteiger partial charge in [-0.15, -0.1) is 5.92 Å². The molecule has 1 rings (SSSR count). The van der Waals surface area contributed by atoms with Gasteiger partial charge < -0.3 is 0 Å². The van der Waals surface area contributed by atoms with Crippen molar-refractivity contribution >= 4 is 0 Å². The molecular formula is C10H12. The van der Waals surface area contributed by atoms with E-state index < -0.39 is 0 Å². The van der Waals surface area contributed by atoms with Gasteiger partial charge in [-0.1, -0.05) is 31.5 Å². The second kappa shape index (κ2) is 4.64. The summed E-state index contributed by atoms with van der Waals surface area (Å²) in [5.41, 5.74) is 1.08. The monoisotopic (exact) mass is 132 g/mol. The zero-order chi connectivity index (χ0) is 6.53. The fraction of sp³-hybridized carbons (Fsp3) is 0.200. The molecule has 52 valence electrons. The maximum atomic E-state index is 2.96. The molecule has 0 heteroatoms. The van der Waals surface area contributed by atoms with Crippen LogP contribution in [0, 0.1) is 11.8 Å². The number of hydrogen-bond acceptors (Lipinski definition) is 0. The summed E-state index contributed by atoms with van der Waals surface area (Å²) < 4.78 is 0. The average molecular weight is 132 g/mol. The Balaban J connectivity index is 0.000000810. The molecule has 0 amide bonds. The van der Waals surface area contributed by atoms with Gasteiger partial charge in [0.1, 0.15) is 0 Å². The van der Waals surface area contributed by atoms with E-state index in [1.54, 1.807) is 0 Å². The topological polar surface area (TPSA) is 0 Å². The summed E-state index contributed by atoms with van der Waals surface area (Å²) in [4.78, 5) is 0. The molecule has 0 spiro atoms. The standard InChI is InChI=1S/C9H8.CH4/c1-2-6-9-7-4-3-5-8-9;/h3-5,7-8H,1H3;1H4. The van der Waals surface area contributed by atoms with Gasteiger partial charge in [0.05, 0.1) is 0 Å². The number of hydrogen-bond donors (Lipinski definition) is 0. The fourth-order valence-corrected chi connectivity index (χ4v) is 0.666. The van der Waals surface area contributed by atoms with E-state index in [2.05, 4.69) is 11.8 Å². The molecule has 1 aromatic rings. The Bertz CT molecular complexity index is 223. The summed E-state index contributed by atoms with van der Waals surface area (Å²) in [5.74, 6) is 5.79. The van der Waals surface area contributed by atoms with Gasteiger partial charge in [0, 0.05) is 5.56 Å². The van der Waals surface area contributed by atoms with Crippen LogP contribution in [0.25, 0.3) is 0 Å². The zero-order valence-electron chi connectivity index (χ0n) is 5.39. The first-order valence-corrected chi connectivity index (χ1v) is 2.91. The first kappa shape index (κ1) is 8.78. The minimum Gasteiger partial charge on any atom is -0.101 e. The van der Waals surface area contributed by atoms with E-state index in [-0.39, 0.29) is 7.43 Å². The van der Waals surface area contributed by atoms with Crippen molar-refractivity contribution in [2.75, 3.05) is 0 Å². The van der Waals surface area contributed by atoms with Crippen molar-refractivity contribution in [3.8, 4) is 11.8 Å². The average Bonchev–Trinajstić information content (AvgIpc) is 1.91. The van der Waals surface area contributed by atoms with Crippen molar-refractivity contribution in [3.05, 3.63) is 35.9 Å². The molecule has 0 saturated heterocycles. The van der Waals surface area contributed by atoms with Crippen molar-refractivity contribution < 1.29 is 0 Å². The normalized spacial score (nSPS) is 6.90. The lowest BCUT2D eigenvalue weighted by molar-refractivity contribution is 1.64. The Kier molecular flexibility index (Phi) is 4.07. The maximum Gasteiger partial charge on any atom is 0.0245 e. The molecule has 0 bridgehead atoms. The molecule has 0 aliphatic heterocycles. The third kappa shape index (κ3) is 2.37. The van der Waals surface area contributed by atoms with Gasteiger partial charge in [0.2, 0.25) is 0 Å². The lowest BCUT2D eigenvalue weighted by Crippen LogP contribution is -1.67. The molecule has 0 aromatic heterocycles. The largest absolute Gasteiger partial charge is 0.101 e. The Labute approximate surface area is 62.9 Å². The van der Waals surface area contributed by atoms with Crippen molar-refractivity contribution in [3.63, 3.8) is 0 Å². The molecule has 0 aliphatic carbocycles. The molecule has 0 saturated carbocycles. The van der Waals surface area contributed by atoms with Gasteiger partial charge >= 0.3 is 0 Å². The van der Waals surface area contributed by atoms with E-state index in [0.717, 1.165) is 5.56 Å². The molecule has 0 atom stereocenters. The van der Waals surface area contributed by atoms with E-state index in [4.69, 9.17) is 0 Å². The van der Waals surface area contributed by atoms with Crippen molar-refractivity contribution in [1.29, 1.82) is 0 Å². The first-order chi connectivity index (χ1) is 4.43. The summed E-state index contributed by atoms with van der Waals surface area (Å²) in [6, 6.07) is 9.95. The Morgan fingerprint density at radius 2 is 1.70 bits per heavy atom. The predicted octanol–water partition coefficient (Wildman–Crippen LogP) is 2.69. The minimum absolute atomic E-state index is 0. The highest BCUT2D eigenvalue weighted by Gasteiger charge is 1.77. The van der Waals surface area contributed by atoms with Crippen LogP contribution in [0.1, 0.15) is 19.9 Å². The minimum atomic E-state index is 0. The molecule has 0 unspecified atom stereocenters. The smallest absolute Gasteiger partial charge is 0.0245 e. The number of rotatable bonds is 0.